The molecule has 0 aliphatic heterocycles. The van der Waals surface area contributed by atoms with E-state index in [1.807, 2.05) is 0 Å². The average Bonchev–Trinajstić information content (AvgIpc) is 3.67. The van der Waals surface area contributed by atoms with Gasteiger partial charge >= 0.3 is 0 Å². The summed E-state index contributed by atoms with van der Waals surface area (Å²) in [6, 6.07) is 88.0. The van der Waals surface area contributed by atoms with Gasteiger partial charge in [0, 0.05) is 27.6 Å². The number of benzene rings is 10. The predicted molar refractivity (Wildman–Crippen MR) is 255 cm³/mol. The molecule has 60 heavy (non-hydrogen) atoms. The molecule has 282 valence electrons. The zero-order chi connectivity index (χ0) is 39.8. The van der Waals surface area contributed by atoms with Gasteiger partial charge in [-0.2, -0.15) is 0 Å². The van der Waals surface area contributed by atoms with Crippen LogP contribution in [-0.4, -0.2) is 4.57 Å². The van der Waals surface area contributed by atoms with Crippen molar-refractivity contribution in [3.05, 3.63) is 243 Å². The van der Waals surface area contributed by atoms with Gasteiger partial charge in [-0.1, -0.05) is 200 Å². The maximum Gasteiger partial charge on any atom is 0.0562 e. The molecule has 0 N–H and O–H groups in total. The third-order valence-electron chi connectivity index (χ3n) is 11.8. The maximum atomic E-state index is 2.49. The third-order valence-corrected chi connectivity index (χ3v) is 11.8. The van der Waals surface area contributed by atoms with Gasteiger partial charge in [-0.3, -0.25) is 0 Å². The van der Waals surface area contributed by atoms with Crippen molar-refractivity contribution in [1.82, 2.24) is 4.57 Å². The van der Waals surface area contributed by atoms with Crippen LogP contribution >= 0.6 is 0 Å². The van der Waals surface area contributed by atoms with E-state index in [-0.39, 0.29) is 0 Å². The Bertz CT molecular complexity index is 3290. The zero-order valence-corrected chi connectivity index (χ0v) is 33.0. The molecule has 11 rings (SSSR count). The molecule has 10 aromatic carbocycles. The monoisotopic (exact) mass is 764 g/mol. The van der Waals surface area contributed by atoms with Crippen molar-refractivity contribution in [2.75, 3.05) is 4.90 Å². The largest absolute Gasteiger partial charge is 0.309 e. The highest BCUT2D eigenvalue weighted by Gasteiger charge is 2.24. The zero-order valence-electron chi connectivity index (χ0n) is 33.0. The van der Waals surface area contributed by atoms with Crippen LogP contribution in [0, 0.1) is 0 Å². The maximum absolute atomic E-state index is 2.49. The lowest BCUT2D eigenvalue weighted by Crippen LogP contribution is -2.12. The van der Waals surface area contributed by atoms with Crippen molar-refractivity contribution >= 4 is 49.6 Å². The fraction of sp³-hybridized carbons (Fsp3) is 0. The van der Waals surface area contributed by atoms with E-state index >= 15 is 0 Å². The van der Waals surface area contributed by atoms with Crippen LogP contribution in [0.15, 0.2) is 243 Å². The molecule has 0 radical (unpaired) electrons. The summed E-state index contributed by atoms with van der Waals surface area (Å²) >= 11 is 0. The van der Waals surface area contributed by atoms with Gasteiger partial charge in [0.1, 0.15) is 0 Å². The first-order valence-corrected chi connectivity index (χ1v) is 20.6. The molecule has 1 aromatic heterocycles. The van der Waals surface area contributed by atoms with Gasteiger partial charge in [-0.25, -0.2) is 0 Å². The van der Waals surface area contributed by atoms with Crippen LogP contribution in [0.5, 0.6) is 0 Å². The van der Waals surface area contributed by atoms with E-state index in [0.29, 0.717) is 0 Å². The Hall–Kier alpha value is -7.94. The fourth-order valence-corrected chi connectivity index (χ4v) is 9.03. The highest BCUT2D eigenvalue weighted by Crippen LogP contribution is 2.48. The van der Waals surface area contributed by atoms with Gasteiger partial charge in [-0.15, -0.1) is 0 Å². The van der Waals surface area contributed by atoms with Gasteiger partial charge in [0.25, 0.3) is 0 Å². The smallest absolute Gasteiger partial charge is 0.0562 e. The minimum absolute atomic E-state index is 1.08. The van der Waals surface area contributed by atoms with Crippen LogP contribution in [-0.2, 0) is 0 Å². The average molecular weight is 765 g/mol. The van der Waals surface area contributed by atoms with Crippen LogP contribution < -0.4 is 4.90 Å². The third kappa shape index (κ3) is 6.14. The summed E-state index contributed by atoms with van der Waals surface area (Å²) in [6.45, 7) is 0. The van der Waals surface area contributed by atoms with E-state index in [4.69, 9.17) is 0 Å². The van der Waals surface area contributed by atoms with Crippen LogP contribution in [0.25, 0.3) is 82.8 Å². The Morgan fingerprint density at radius 3 is 1.60 bits per heavy atom. The summed E-state index contributed by atoms with van der Waals surface area (Å²) < 4.78 is 2.47. The summed E-state index contributed by atoms with van der Waals surface area (Å²) in [5, 5.41) is 4.86. The molecule has 0 spiro atoms. The number of aromatic nitrogens is 1. The summed E-state index contributed by atoms with van der Waals surface area (Å²) in [5.74, 6) is 0. The molecule has 0 saturated carbocycles. The Morgan fingerprint density at radius 2 is 0.833 bits per heavy atom. The summed E-state index contributed by atoms with van der Waals surface area (Å²) in [7, 11) is 0. The lowest BCUT2D eigenvalue weighted by molar-refractivity contribution is 1.18. The number of hydrogen-bond donors (Lipinski definition) is 0. The van der Waals surface area contributed by atoms with Crippen molar-refractivity contribution in [2.45, 2.75) is 0 Å². The van der Waals surface area contributed by atoms with Gasteiger partial charge in [0.15, 0.2) is 0 Å². The van der Waals surface area contributed by atoms with Gasteiger partial charge < -0.3 is 9.47 Å². The summed E-state index contributed by atoms with van der Waals surface area (Å²) in [4.78, 5) is 2.49. The second kappa shape index (κ2) is 15.1. The fourth-order valence-electron chi connectivity index (χ4n) is 9.03. The molecule has 1 heterocycles. The number of hydrogen-bond acceptors (Lipinski definition) is 1. The molecule has 0 atom stereocenters. The number of nitrogens with zero attached hydrogens (tertiary/aromatic N) is 2. The van der Waals surface area contributed by atoms with Crippen molar-refractivity contribution in [3.63, 3.8) is 0 Å². The summed E-state index contributed by atoms with van der Waals surface area (Å²) in [6.07, 6.45) is 0. The van der Waals surface area contributed by atoms with E-state index in [9.17, 15) is 0 Å². The topological polar surface area (TPSA) is 8.17 Å². The van der Waals surface area contributed by atoms with E-state index in [0.717, 1.165) is 50.5 Å². The molecular weight excluding hydrogens is 725 g/mol. The highest BCUT2D eigenvalue weighted by atomic mass is 15.2. The van der Waals surface area contributed by atoms with Crippen molar-refractivity contribution in [2.24, 2.45) is 0 Å². The Labute approximate surface area is 350 Å². The summed E-state index contributed by atoms with van der Waals surface area (Å²) in [5.41, 5.74) is 16.2. The number of rotatable bonds is 8. The minimum Gasteiger partial charge on any atom is -0.309 e. The Balaban J connectivity index is 1.21. The van der Waals surface area contributed by atoms with E-state index in [2.05, 4.69) is 252 Å². The number of anilines is 3. The Morgan fingerprint density at radius 1 is 0.300 bits per heavy atom. The molecular formula is C58H40N2. The van der Waals surface area contributed by atoms with E-state index in [1.54, 1.807) is 0 Å². The molecule has 0 amide bonds. The molecule has 2 nitrogen and oxygen atoms in total. The highest BCUT2D eigenvalue weighted by molar-refractivity contribution is 6.17. The normalized spacial score (nSPS) is 11.3. The van der Waals surface area contributed by atoms with Gasteiger partial charge in [0.2, 0.25) is 0 Å². The van der Waals surface area contributed by atoms with E-state index in [1.165, 1.54) is 49.4 Å². The lowest BCUT2D eigenvalue weighted by atomic mass is 9.96. The molecule has 0 aliphatic rings. The first-order valence-electron chi connectivity index (χ1n) is 20.6. The van der Waals surface area contributed by atoms with Crippen LogP contribution in [0.3, 0.4) is 0 Å². The molecule has 0 fully saturated rings. The van der Waals surface area contributed by atoms with Gasteiger partial charge in [0.05, 0.1) is 28.1 Å². The SMILES string of the molecule is c1ccc(-c2ccc(N(c3cc(-c4ccccc4)ccc3-c3ccccc3)c3cccc4c3c3ccccc3n4-c3ccccc3-c3cccc4ccccc34)cc2)cc1. The van der Waals surface area contributed by atoms with Crippen LogP contribution in [0.4, 0.5) is 17.1 Å². The van der Waals surface area contributed by atoms with Gasteiger partial charge in [-0.05, 0) is 86.6 Å². The van der Waals surface area contributed by atoms with Crippen LogP contribution in [0.1, 0.15) is 0 Å². The first kappa shape index (κ1) is 35.2. The quantitative estimate of drug-likeness (QED) is 0.150. The van der Waals surface area contributed by atoms with E-state index < -0.39 is 0 Å². The molecule has 0 bridgehead atoms. The molecule has 0 unspecified atom stereocenters. The molecule has 0 aliphatic carbocycles. The van der Waals surface area contributed by atoms with Crippen LogP contribution in [0.2, 0.25) is 0 Å². The molecule has 2 heteroatoms. The van der Waals surface area contributed by atoms with Crippen molar-refractivity contribution in [3.8, 4) is 50.2 Å². The minimum atomic E-state index is 1.08. The molecule has 11 aromatic rings. The number of fused-ring (bicyclic) bond motifs is 4. The second-order valence-corrected chi connectivity index (χ2v) is 15.3. The molecule has 0 saturated heterocycles. The second-order valence-electron chi connectivity index (χ2n) is 15.3. The predicted octanol–water partition coefficient (Wildman–Crippen LogP) is 16.1. The van der Waals surface area contributed by atoms with Crippen molar-refractivity contribution < 1.29 is 0 Å². The lowest BCUT2D eigenvalue weighted by Gasteiger charge is -2.29. The first-order chi connectivity index (χ1) is 29.8. The Kier molecular flexibility index (Phi) is 8.87. The van der Waals surface area contributed by atoms with Crippen molar-refractivity contribution in [1.29, 1.82) is 0 Å². The standard InChI is InChI=1S/C58H40N2/c1-4-18-41(19-5-1)43-34-37-47(38-35-43)59(57-40-46(42-20-6-2-7-21-42)36-39-49(57)45-22-8-3-9-23-45)55-32-17-33-56-58(55)52-28-13-15-31-54(52)60(56)53-30-14-12-27-51(53)50-29-16-25-44-24-10-11-26-48(44)50/h1-40H. The number of para-hydroxylation sites is 2.